The molecule has 212 valence electrons. The van der Waals surface area contributed by atoms with Gasteiger partial charge in [-0.05, 0) is 98.2 Å². The third-order valence-electron chi connectivity index (χ3n) is 7.60. The highest BCUT2D eigenvalue weighted by Gasteiger charge is 2.31. The molecule has 0 spiro atoms. The third-order valence-corrected chi connectivity index (χ3v) is 7.60. The molecule has 3 aromatic rings. The van der Waals surface area contributed by atoms with Crippen molar-refractivity contribution < 1.29 is 32.9 Å². The van der Waals surface area contributed by atoms with Gasteiger partial charge in [-0.25, -0.2) is 0 Å². The molecule has 0 radical (unpaired) electrons. The fraction of sp³-hybridized carbons (Fsp3) is 0.419. The quantitative estimate of drug-likeness (QED) is 0.319. The lowest BCUT2D eigenvalue weighted by Gasteiger charge is -2.38. The Kier molecular flexibility index (Phi) is 9.67. The second-order valence-electron chi connectivity index (χ2n) is 10.2. The summed E-state index contributed by atoms with van der Waals surface area (Å²) in [6, 6.07) is 12.2. The number of methoxy groups -OCH3 is 1. The SMILES string of the molecule is COc1ccc2nccc([C@H](O)CC[C@@H]3CCN(CC#Cc4ccc(C(F)(F)F)cc4)C[C@H]3CCC(=O)O)c2c1. The average molecular weight is 555 g/mol. The maximum atomic E-state index is 12.8. The zero-order valence-electron chi connectivity index (χ0n) is 22.3. The molecule has 40 heavy (non-hydrogen) atoms. The standard InChI is InChI=1S/C31H33F3N2O4/c1-40-25-10-11-28-27(19-25)26(14-16-35-28)29(37)12-6-22-15-18-36(20-23(22)7-13-30(38)39)17-2-3-21-4-8-24(9-5-21)31(32,33)34/h4-5,8-11,14,16,19,22-23,29,37H,6-7,12-13,15,17-18,20H2,1H3,(H,38,39)/t22-,23-,29-/m1/s1. The van der Waals surface area contributed by atoms with E-state index in [2.05, 4.69) is 21.7 Å². The van der Waals surface area contributed by atoms with Crippen LogP contribution in [0.2, 0.25) is 0 Å². The Morgan fingerprint density at radius 3 is 2.62 bits per heavy atom. The number of pyridine rings is 1. The highest BCUT2D eigenvalue weighted by Crippen LogP contribution is 2.35. The fourth-order valence-corrected chi connectivity index (χ4v) is 5.40. The number of fused-ring (bicyclic) bond motifs is 1. The molecule has 0 bridgehead atoms. The monoisotopic (exact) mass is 554 g/mol. The van der Waals surface area contributed by atoms with Gasteiger partial charge in [0.1, 0.15) is 5.75 Å². The van der Waals surface area contributed by atoms with Crippen LogP contribution in [0.5, 0.6) is 5.75 Å². The molecular formula is C31H33F3N2O4. The van der Waals surface area contributed by atoms with Crippen LogP contribution in [0.25, 0.3) is 10.9 Å². The number of alkyl halides is 3. The molecule has 0 amide bonds. The largest absolute Gasteiger partial charge is 0.497 e. The number of aliphatic carboxylic acids is 1. The topological polar surface area (TPSA) is 82.9 Å². The lowest BCUT2D eigenvalue weighted by atomic mass is 9.79. The van der Waals surface area contributed by atoms with Crippen molar-refractivity contribution in [3.05, 3.63) is 71.4 Å². The Morgan fingerprint density at radius 2 is 1.93 bits per heavy atom. The number of aliphatic hydroxyl groups is 1. The predicted molar refractivity (Wildman–Crippen MR) is 146 cm³/mol. The molecule has 2 N–H and O–H groups in total. The van der Waals surface area contributed by atoms with Crippen LogP contribution < -0.4 is 4.74 Å². The lowest BCUT2D eigenvalue weighted by molar-refractivity contribution is -0.138. The van der Waals surface area contributed by atoms with Crippen LogP contribution in [0, 0.1) is 23.7 Å². The first-order valence-electron chi connectivity index (χ1n) is 13.3. The molecule has 0 saturated carbocycles. The van der Waals surface area contributed by atoms with E-state index in [1.54, 1.807) is 13.3 Å². The first kappa shape index (κ1) is 29.4. The van der Waals surface area contributed by atoms with Crippen molar-refractivity contribution in [1.29, 1.82) is 0 Å². The minimum atomic E-state index is -4.38. The molecule has 9 heteroatoms. The van der Waals surface area contributed by atoms with Gasteiger partial charge in [0.25, 0.3) is 0 Å². The Morgan fingerprint density at radius 1 is 1.15 bits per heavy atom. The number of ether oxygens (including phenoxy) is 1. The van der Waals surface area contributed by atoms with Crippen LogP contribution in [-0.4, -0.2) is 52.8 Å². The molecule has 1 aromatic heterocycles. The van der Waals surface area contributed by atoms with E-state index in [0.717, 1.165) is 48.0 Å². The van der Waals surface area contributed by atoms with Gasteiger partial charge < -0.3 is 14.9 Å². The number of carboxylic acids is 1. The Hall–Kier alpha value is -3.61. The van der Waals surface area contributed by atoms with Gasteiger partial charge in [0, 0.05) is 30.1 Å². The number of carbonyl (C=O) groups is 1. The number of carboxylic acid groups (broad SMARTS) is 1. The van der Waals surface area contributed by atoms with Crippen molar-refractivity contribution in [2.45, 2.75) is 44.4 Å². The summed E-state index contributed by atoms with van der Waals surface area (Å²) in [7, 11) is 1.59. The van der Waals surface area contributed by atoms with Gasteiger partial charge in [-0.1, -0.05) is 11.8 Å². The van der Waals surface area contributed by atoms with E-state index in [1.165, 1.54) is 12.1 Å². The van der Waals surface area contributed by atoms with E-state index < -0.39 is 23.8 Å². The van der Waals surface area contributed by atoms with Crippen molar-refractivity contribution in [1.82, 2.24) is 9.88 Å². The Labute approximate surface area is 231 Å². The van der Waals surface area contributed by atoms with Crippen LogP contribution in [0.1, 0.15) is 54.9 Å². The molecule has 1 aliphatic heterocycles. The normalized spacial score (nSPS) is 18.6. The molecule has 6 nitrogen and oxygen atoms in total. The summed E-state index contributed by atoms with van der Waals surface area (Å²) in [5.41, 5.74) is 1.38. The number of likely N-dealkylation sites (tertiary alicyclic amines) is 1. The molecule has 3 atom stereocenters. The maximum absolute atomic E-state index is 12.8. The summed E-state index contributed by atoms with van der Waals surface area (Å²) in [6.45, 7) is 1.91. The van der Waals surface area contributed by atoms with E-state index in [4.69, 9.17) is 4.74 Å². The molecule has 4 rings (SSSR count). The molecule has 0 unspecified atom stereocenters. The fourth-order valence-electron chi connectivity index (χ4n) is 5.40. The Bertz CT molecular complexity index is 1360. The second kappa shape index (κ2) is 13.2. The maximum Gasteiger partial charge on any atom is 0.416 e. The van der Waals surface area contributed by atoms with Crippen LogP contribution in [-0.2, 0) is 11.0 Å². The molecule has 1 saturated heterocycles. The number of nitrogens with zero attached hydrogens (tertiary/aromatic N) is 2. The molecule has 1 aliphatic rings. The summed E-state index contributed by atoms with van der Waals surface area (Å²) in [5.74, 6) is 6.23. The number of aliphatic hydroxyl groups excluding tert-OH is 1. The van der Waals surface area contributed by atoms with Crippen LogP contribution in [0.15, 0.2) is 54.7 Å². The van der Waals surface area contributed by atoms with Crippen molar-refractivity contribution in [3.8, 4) is 17.6 Å². The van der Waals surface area contributed by atoms with Crippen LogP contribution in [0.4, 0.5) is 13.2 Å². The van der Waals surface area contributed by atoms with Crippen LogP contribution in [0.3, 0.4) is 0 Å². The summed E-state index contributed by atoms with van der Waals surface area (Å²) < 4.78 is 43.7. The predicted octanol–water partition coefficient (Wildman–Crippen LogP) is 5.93. The van der Waals surface area contributed by atoms with Crippen molar-refractivity contribution in [2.24, 2.45) is 11.8 Å². The highest BCUT2D eigenvalue weighted by atomic mass is 19.4. The van der Waals surface area contributed by atoms with Gasteiger partial charge in [-0.3, -0.25) is 14.7 Å². The van der Waals surface area contributed by atoms with Gasteiger partial charge >= 0.3 is 12.1 Å². The van der Waals surface area contributed by atoms with E-state index >= 15 is 0 Å². The van der Waals surface area contributed by atoms with Gasteiger partial charge in [0.15, 0.2) is 0 Å². The summed E-state index contributed by atoms with van der Waals surface area (Å²) in [4.78, 5) is 17.9. The second-order valence-corrected chi connectivity index (χ2v) is 10.2. The Balaban J connectivity index is 1.38. The number of hydrogen-bond donors (Lipinski definition) is 2. The van der Waals surface area contributed by atoms with Crippen molar-refractivity contribution in [2.75, 3.05) is 26.7 Å². The molecule has 2 heterocycles. The summed E-state index contributed by atoms with van der Waals surface area (Å²) in [6.07, 6.45) is -0.625. The lowest BCUT2D eigenvalue weighted by Crippen LogP contribution is -2.41. The number of benzene rings is 2. The zero-order valence-corrected chi connectivity index (χ0v) is 22.3. The molecule has 2 aromatic carbocycles. The smallest absolute Gasteiger partial charge is 0.416 e. The molecule has 0 aliphatic carbocycles. The van der Waals surface area contributed by atoms with Gasteiger partial charge in [-0.15, -0.1) is 0 Å². The molecular weight excluding hydrogens is 521 g/mol. The minimum absolute atomic E-state index is 0.0730. The first-order valence-corrected chi connectivity index (χ1v) is 13.3. The van der Waals surface area contributed by atoms with Gasteiger partial charge in [-0.2, -0.15) is 13.2 Å². The number of halogens is 3. The number of hydrogen-bond acceptors (Lipinski definition) is 5. The summed E-state index contributed by atoms with van der Waals surface area (Å²) in [5, 5.41) is 21.2. The minimum Gasteiger partial charge on any atom is -0.497 e. The number of rotatable bonds is 9. The van der Waals surface area contributed by atoms with E-state index in [9.17, 15) is 28.2 Å². The highest BCUT2D eigenvalue weighted by molar-refractivity contribution is 5.83. The van der Waals surface area contributed by atoms with Gasteiger partial charge in [0.05, 0.1) is 30.8 Å². The van der Waals surface area contributed by atoms with Crippen molar-refractivity contribution >= 4 is 16.9 Å². The van der Waals surface area contributed by atoms with Crippen molar-refractivity contribution in [3.63, 3.8) is 0 Å². The average Bonchev–Trinajstić information content (AvgIpc) is 2.94. The van der Waals surface area contributed by atoms with E-state index in [1.807, 2.05) is 24.3 Å². The van der Waals surface area contributed by atoms with Crippen LogP contribution >= 0.6 is 0 Å². The van der Waals surface area contributed by atoms with E-state index in [-0.39, 0.29) is 18.3 Å². The summed E-state index contributed by atoms with van der Waals surface area (Å²) >= 11 is 0. The van der Waals surface area contributed by atoms with E-state index in [0.29, 0.717) is 37.2 Å². The zero-order chi connectivity index (χ0) is 28.7. The molecule has 1 fully saturated rings. The number of piperidine rings is 1. The third kappa shape index (κ3) is 7.74. The first-order chi connectivity index (χ1) is 19.1. The number of aromatic nitrogens is 1. The van der Waals surface area contributed by atoms with Gasteiger partial charge in [0.2, 0.25) is 0 Å².